The molecule has 0 rings (SSSR count). The van der Waals surface area contributed by atoms with Gasteiger partial charge in [-0.25, -0.2) is 0 Å². The van der Waals surface area contributed by atoms with Crippen molar-refractivity contribution < 1.29 is 5.11 Å². The van der Waals surface area contributed by atoms with E-state index in [1.54, 1.807) is 0 Å². The lowest BCUT2D eigenvalue weighted by molar-refractivity contribution is 0.331. The summed E-state index contributed by atoms with van der Waals surface area (Å²) >= 11 is 0. The summed E-state index contributed by atoms with van der Waals surface area (Å²) in [7, 11) is -1.31. The first-order valence-corrected chi connectivity index (χ1v) is 7.57. The standard InChI is InChI=1S/C10H22OSi/c1-9(7-11)8-12(5,6)10(2,3)4/h8,11H,7H2,1-6H3. The van der Waals surface area contributed by atoms with Crippen molar-refractivity contribution in [1.29, 1.82) is 0 Å². The highest BCUT2D eigenvalue weighted by atomic mass is 28.3. The monoisotopic (exact) mass is 186 g/mol. The van der Waals surface area contributed by atoms with Gasteiger partial charge >= 0.3 is 0 Å². The Kier molecular flexibility index (Phi) is 3.73. The molecule has 1 nitrogen and oxygen atoms in total. The molecule has 72 valence electrons. The van der Waals surface area contributed by atoms with E-state index in [0.29, 0.717) is 5.04 Å². The van der Waals surface area contributed by atoms with Crippen molar-refractivity contribution in [3.8, 4) is 0 Å². The fraction of sp³-hybridized carbons (Fsp3) is 0.800. The summed E-state index contributed by atoms with van der Waals surface area (Å²) in [5, 5.41) is 9.30. The first-order chi connectivity index (χ1) is 5.20. The highest BCUT2D eigenvalue weighted by Crippen LogP contribution is 2.37. The van der Waals surface area contributed by atoms with Crippen LogP contribution in [0, 0.1) is 0 Å². The molecule has 0 spiro atoms. The van der Waals surface area contributed by atoms with Crippen LogP contribution in [0.3, 0.4) is 0 Å². The highest BCUT2D eigenvalue weighted by molar-refractivity contribution is 6.84. The molecule has 0 aromatic heterocycles. The van der Waals surface area contributed by atoms with Crippen LogP contribution >= 0.6 is 0 Å². The van der Waals surface area contributed by atoms with Crippen molar-refractivity contribution in [3.05, 3.63) is 11.3 Å². The molecular formula is C10H22OSi. The number of aliphatic hydroxyl groups excluding tert-OH is 1. The Labute approximate surface area is 77.5 Å². The van der Waals surface area contributed by atoms with E-state index in [4.69, 9.17) is 5.11 Å². The van der Waals surface area contributed by atoms with Crippen LogP contribution in [0.1, 0.15) is 27.7 Å². The van der Waals surface area contributed by atoms with E-state index in [9.17, 15) is 0 Å². The average Bonchev–Trinajstić information content (AvgIpc) is 1.84. The van der Waals surface area contributed by atoms with Crippen LogP contribution in [0.25, 0.3) is 0 Å². The Morgan fingerprint density at radius 2 is 1.75 bits per heavy atom. The molecule has 0 saturated carbocycles. The zero-order chi connectivity index (χ0) is 9.99. The molecule has 12 heavy (non-hydrogen) atoms. The van der Waals surface area contributed by atoms with Crippen LogP contribution in [-0.2, 0) is 0 Å². The molecule has 0 bridgehead atoms. The Bertz CT molecular complexity index is 175. The second kappa shape index (κ2) is 3.75. The van der Waals surface area contributed by atoms with Gasteiger partial charge in [-0.2, -0.15) is 0 Å². The van der Waals surface area contributed by atoms with Gasteiger partial charge in [-0.15, -0.1) is 0 Å². The summed E-state index contributed by atoms with van der Waals surface area (Å²) in [6, 6.07) is 0. The van der Waals surface area contributed by atoms with E-state index in [0.717, 1.165) is 5.57 Å². The number of hydrogen-bond donors (Lipinski definition) is 1. The van der Waals surface area contributed by atoms with Gasteiger partial charge in [0.05, 0.1) is 14.7 Å². The third kappa shape index (κ3) is 3.11. The van der Waals surface area contributed by atoms with E-state index >= 15 is 0 Å². The van der Waals surface area contributed by atoms with Gasteiger partial charge in [0.15, 0.2) is 0 Å². The lowest BCUT2D eigenvalue weighted by atomic mass is 10.2. The van der Waals surface area contributed by atoms with Crippen LogP contribution in [0.2, 0.25) is 18.1 Å². The molecule has 1 N–H and O–H groups in total. The van der Waals surface area contributed by atoms with Crippen molar-refractivity contribution in [2.24, 2.45) is 0 Å². The Hall–Kier alpha value is -0.0831. The third-order valence-electron chi connectivity index (χ3n) is 2.79. The first-order valence-electron chi connectivity index (χ1n) is 4.50. The molecule has 0 radical (unpaired) electrons. The minimum atomic E-state index is -1.31. The molecule has 0 aromatic rings. The van der Waals surface area contributed by atoms with Crippen LogP contribution in [0.15, 0.2) is 11.3 Å². The van der Waals surface area contributed by atoms with Crippen LogP contribution in [0.4, 0.5) is 0 Å². The molecule has 0 heterocycles. The average molecular weight is 186 g/mol. The van der Waals surface area contributed by atoms with Crippen LogP contribution < -0.4 is 0 Å². The van der Waals surface area contributed by atoms with Crippen LogP contribution in [-0.4, -0.2) is 19.8 Å². The Morgan fingerprint density at radius 1 is 1.33 bits per heavy atom. The number of rotatable bonds is 2. The van der Waals surface area contributed by atoms with Gasteiger partial charge in [-0.1, -0.05) is 45.1 Å². The summed E-state index contributed by atoms with van der Waals surface area (Å²) < 4.78 is 0. The van der Waals surface area contributed by atoms with Gasteiger partial charge in [0, 0.05) is 0 Å². The normalized spacial score (nSPS) is 15.1. The fourth-order valence-electron chi connectivity index (χ4n) is 0.878. The minimum Gasteiger partial charge on any atom is -0.392 e. The van der Waals surface area contributed by atoms with Gasteiger partial charge in [0.25, 0.3) is 0 Å². The van der Waals surface area contributed by atoms with Crippen molar-refractivity contribution in [2.75, 3.05) is 6.61 Å². The van der Waals surface area contributed by atoms with Crippen molar-refractivity contribution >= 4 is 8.07 Å². The topological polar surface area (TPSA) is 20.2 Å². The summed E-state index contributed by atoms with van der Waals surface area (Å²) in [6.07, 6.45) is 0. The maximum absolute atomic E-state index is 8.92. The van der Waals surface area contributed by atoms with E-state index in [1.165, 1.54) is 0 Å². The highest BCUT2D eigenvalue weighted by Gasteiger charge is 2.32. The van der Waals surface area contributed by atoms with E-state index in [-0.39, 0.29) is 6.61 Å². The van der Waals surface area contributed by atoms with Crippen molar-refractivity contribution in [3.63, 3.8) is 0 Å². The SMILES string of the molecule is CC(=C[Si](C)(C)C(C)(C)C)CO. The minimum absolute atomic E-state index is 0.201. The predicted octanol–water partition coefficient (Wildman–Crippen LogP) is 2.97. The molecule has 0 aromatic carbocycles. The number of hydrogen-bond acceptors (Lipinski definition) is 1. The van der Waals surface area contributed by atoms with Gasteiger partial charge in [0.1, 0.15) is 0 Å². The van der Waals surface area contributed by atoms with Gasteiger partial charge in [-0.3, -0.25) is 0 Å². The predicted molar refractivity (Wildman–Crippen MR) is 58.0 cm³/mol. The van der Waals surface area contributed by atoms with Gasteiger partial charge < -0.3 is 5.11 Å². The molecule has 0 atom stereocenters. The first kappa shape index (κ1) is 11.9. The second-order valence-electron chi connectivity index (χ2n) is 5.12. The maximum Gasteiger partial charge on any atom is 0.0770 e. The molecule has 0 aliphatic carbocycles. The smallest absolute Gasteiger partial charge is 0.0770 e. The summed E-state index contributed by atoms with van der Waals surface area (Å²) in [5.74, 6) is 0. The molecule has 0 fully saturated rings. The lowest BCUT2D eigenvalue weighted by Gasteiger charge is -2.34. The molecule has 0 aliphatic heterocycles. The van der Waals surface area contributed by atoms with Crippen LogP contribution in [0.5, 0.6) is 0 Å². The maximum atomic E-state index is 8.92. The Balaban J connectivity index is 4.64. The number of aliphatic hydroxyl groups is 1. The summed E-state index contributed by atoms with van der Waals surface area (Å²) in [4.78, 5) is 0. The van der Waals surface area contributed by atoms with Gasteiger partial charge in [0.2, 0.25) is 0 Å². The zero-order valence-corrected chi connectivity index (χ0v) is 10.2. The van der Waals surface area contributed by atoms with E-state index in [2.05, 4.69) is 39.6 Å². The molecule has 0 unspecified atom stereocenters. The fourth-order valence-corrected chi connectivity index (χ4v) is 2.63. The molecule has 0 amide bonds. The summed E-state index contributed by atoms with van der Waals surface area (Å²) in [6.45, 7) is 13.7. The zero-order valence-electron chi connectivity index (χ0n) is 9.23. The second-order valence-corrected chi connectivity index (χ2v) is 10.4. The molecule has 0 aliphatic rings. The summed E-state index contributed by atoms with van der Waals surface area (Å²) in [5.41, 5.74) is 3.41. The van der Waals surface area contributed by atoms with Crippen molar-refractivity contribution in [1.82, 2.24) is 0 Å². The van der Waals surface area contributed by atoms with Crippen molar-refractivity contribution in [2.45, 2.75) is 45.8 Å². The van der Waals surface area contributed by atoms with Gasteiger partial charge in [-0.05, 0) is 12.0 Å². The Morgan fingerprint density at radius 3 is 2.00 bits per heavy atom. The molecular weight excluding hydrogens is 164 g/mol. The lowest BCUT2D eigenvalue weighted by Crippen LogP contribution is -2.35. The largest absolute Gasteiger partial charge is 0.392 e. The quantitative estimate of drug-likeness (QED) is 0.657. The molecule has 0 saturated heterocycles. The van der Waals surface area contributed by atoms with E-state index < -0.39 is 8.07 Å². The third-order valence-corrected chi connectivity index (χ3v) is 7.87. The van der Waals surface area contributed by atoms with E-state index in [1.807, 2.05) is 6.92 Å². The molecule has 2 heteroatoms.